The van der Waals surface area contributed by atoms with E-state index in [2.05, 4.69) is 19.2 Å². The van der Waals surface area contributed by atoms with E-state index in [1.807, 2.05) is 16.8 Å². The van der Waals surface area contributed by atoms with E-state index in [4.69, 9.17) is 0 Å². The highest BCUT2D eigenvalue weighted by Gasteiger charge is 2.23. The van der Waals surface area contributed by atoms with E-state index in [0.717, 1.165) is 51.9 Å². The van der Waals surface area contributed by atoms with Crippen LogP contribution >= 0.6 is 12.4 Å². The Morgan fingerprint density at radius 1 is 1.18 bits per heavy atom. The van der Waals surface area contributed by atoms with Crippen LogP contribution in [0, 0.1) is 0 Å². The van der Waals surface area contributed by atoms with Crippen molar-refractivity contribution >= 4 is 24.2 Å². The van der Waals surface area contributed by atoms with Crippen molar-refractivity contribution in [3.05, 3.63) is 0 Å². The number of rotatable bonds is 8. The van der Waals surface area contributed by atoms with Crippen molar-refractivity contribution in [1.29, 1.82) is 0 Å². The molecule has 1 N–H and O–H groups in total. The zero-order chi connectivity index (χ0) is 15.7. The molecule has 2 amide bonds. The molecule has 6 heteroatoms. The predicted molar refractivity (Wildman–Crippen MR) is 92.3 cm³/mol. The molecule has 130 valence electrons. The van der Waals surface area contributed by atoms with E-state index in [9.17, 15) is 9.59 Å². The summed E-state index contributed by atoms with van der Waals surface area (Å²) >= 11 is 0. The smallest absolute Gasteiger partial charge is 0.223 e. The Labute approximate surface area is 141 Å². The molecule has 0 aromatic carbocycles. The molecule has 1 unspecified atom stereocenters. The van der Waals surface area contributed by atoms with Gasteiger partial charge >= 0.3 is 0 Å². The number of likely N-dealkylation sites (tertiary alicyclic amines) is 1. The second kappa shape index (κ2) is 11.7. The van der Waals surface area contributed by atoms with Gasteiger partial charge in [0, 0.05) is 45.1 Å². The fourth-order valence-corrected chi connectivity index (χ4v) is 2.87. The molecule has 0 aliphatic carbocycles. The lowest BCUT2D eigenvalue weighted by Crippen LogP contribution is -2.47. The molecular formula is C16H32ClN3O2. The van der Waals surface area contributed by atoms with Crippen molar-refractivity contribution in [3.63, 3.8) is 0 Å². The third kappa shape index (κ3) is 6.97. The number of amides is 2. The number of nitrogens with zero attached hydrogens (tertiary/aromatic N) is 2. The standard InChI is InChI=1S/C16H31N3O2.ClH/c1-4-10-18(11-5-2)15(20)8-9-16(21)19-12-6-7-14(13-19)17-3;/h14,17H,4-13H2,1-3H3;1H. The van der Waals surface area contributed by atoms with Crippen LogP contribution in [0.15, 0.2) is 0 Å². The van der Waals surface area contributed by atoms with Gasteiger partial charge in [-0.2, -0.15) is 0 Å². The number of likely N-dealkylation sites (N-methyl/N-ethyl adjacent to an activating group) is 1. The minimum absolute atomic E-state index is 0. The Balaban J connectivity index is 0.00000441. The lowest BCUT2D eigenvalue weighted by molar-refractivity contribution is -0.137. The van der Waals surface area contributed by atoms with Crippen molar-refractivity contribution in [2.24, 2.45) is 0 Å². The van der Waals surface area contributed by atoms with Crippen molar-refractivity contribution in [2.75, 3.05) is 33.2 Å². The number of carbonyl (C=O) groups is 2. The molecule has 0 spiro atoms. The van der Waals surface area contributed by atoms with Crippen molar-refractivity contribution in [1.82, 2.24) is 15.1 Å². The average molecular weight is 334 g/mol. The van der Waals surface area contributed by atoms with E-state index >= 15 is 0 Å². The number of nitrogens with one attached hydrogen (secondary N) is 1. The van der Waals surface area contributed by atoms with Crippen molar-refractivity contribution < 1.29 is 9.59 Å². The molecule has 1 rings (SSSR count). The normalized spacial score (nSPS) is 17.8. The lowest BCUT2D eigenvalue weighted by Gasteiger charge is -2.32. The second-order valence-electron chi connectivity index (χ2n) is 5.85. The summed E-state index contributed by atoms with van der Waals surface area (Å²) in [6.45, 7) is 7.36. The maximum Gasteiger partial charge on any atom is 0.223 e. The molecule has 0 aromatic rings. The second-order valence-corrected chi connectivity index (χ2v) is 5.85. The first-order valence-electron chi connectivity index (χ1n) is 8.35. The van der Waals surface area contributed by atoms with Crippen LogP contribution in [0.25, 0.3) is 0 Å². The molecule has 0 bridgehead atoms. The van der Waals surface area contributed by atoms with Crippen LogP contribution in [-0.4, -0.2) is 60.9 Å². The van der Waals surface area contributed by atoms with E-state index < -0.39 is 0 Å². The van der Waals surface area contributed by atoms with Crippen LogP contribution in [0.4, 0.5) is 0 Å². The molecule has 1 saturated heterocycles. The predicted octanol–water partition coefficient (Wildman–Crippen LogP) is 2.05. The van der Waals surface area contributed by atoms with Crippen molar-refractivity contribution in [3.8, 4) is 0 Å². The van der Waals surface area contributed by atoms with Gasteiger partial charge in [0.05, 0.1) is 0 Å². The molecule has 0 radical (unpaired) electrons. The molecule has 1 aliphatic heterocycles. The van der Waals surface area contributed by atoms with E-state index in [-0.39, 0.29) is 24.2 Å². The highest BCUT2D eigenvalue weighted by atomic mass is 35.5. The van der Waals surface area contributed by atoms with E-state index in [0.29, 0.717) is 18.9 Å². The number of piperidine rings is 1. The summed E-state index contributed by atoms with van der Waals surface area (Å²) < 4.78 is 0. The maximum atomic E-state index is 12.2. The first kappa shape index (κ1) is 21.2. The van der Waals surface area contributed by atoms with Gasteiger partial charge in [-0.15, -0.1) is 12.4 Å². The van der Waals surface area contributed by atoms with Gasteiger partial charge in [0.25, 0.3) is 0 Å². The summed E-state index contributed by atoms with van der Waals surface area (Å²) in [4.78, 5) is 28.2. The monoisotopic (exact) mass is 333 g/mol. The Hall–Kier alpha value is -0.810. The van der Waals surface area contributed by atoms with Gasteiger partial charge in [-0.25, -0.2) is 0 Å². The van der Waals surface area contributed by atoms with Crippen LogP contribution in [0.2, 0.25) is 0 Å². The summed E-state index contributed by atoms with van der Waals surface area (Å²) in [6, 6.07) is 0.398. The van der Waals surface area contributed by atoms with Gasteiger partial charge < -0.3 is 15.1 Å². The highest BCUT2D eigenvalue weighted by Crippen LogP contribution is 2.12. The maximum absolute atomic E-state index is 12.2. The lowest BCUT2D eigenvalue weighted by atomic mass is 10.1. The molecule has 1 fully saturated rings. The van der Waals surface area contributed by atoms with Crippen LogP contribution in [-0.2, 0) is 9.59 Å². The molecule has 22 heavy (non-hydrogen) atoms. The minimum atomic E-state index is 0. The van der Waals surface area contributed by atoms with Crippen LogP contribution in [0.5, 0.6) is 0 Å². The Bertz CT molecular complexity index is 333. The van der Waals surface area contributed by atoms with Crippen LogP contribution in [0.3, 0.4) is 0 Å². The molecule has 1 atom stereocenters. The quantitative estimate of drug-likeness (QED) is 0.739. The summed E-state index contributed by atoms with van der Waals surface area (Å²) in [5.41, 5.74) is 0. The zero-order valence-corrected chi connectivity index (χ0v) is 15.1. The number of carbonyl (C=O) groups excluding carboxylic acids is 2. The SMILES string of the molecule is CCCN(CCC)C(=O)CCC(=O)N1CCCC(NC)C1.Cl. The molecule has 1 aliphatic rings. The summed E-state index contributed by atoms with van der Waals surface area (Å²) in [5.74, 6) is 0.241. The van der Waals surface area contributed by atoms with Gasteiger partial charge in [-0.1, -0.05) is 13.8 Å². The third-order valence-electron chi connectivity index (χ3n) is 4.07. The van der Waals surface area contributed by atoms with Gasteiger partial charge in [0.2, 0.25) is 11.8 Å². The Morgan fingerprint density at radius 3 is 2.36 bits per heavy atom. The Morgan fingerprint density at radius 2 is 1.82 bits per heavy atom. The van der Waals surface area contributed by atoms with Crippen molar-refractivity contribution in [2.45, 2.75) is 58.4 Å². The average Bonchev–Trinajstić information content (AvgIpc) is 2.52. The summed E-state index contributed by atoms with van der Waals surface area (Å²) in [7, 11) is 1.94. The summed E-state index contributed by atoms with van der Waals surface area (Å²) in [6.07, 6.45) is 4.80. The zero-order valence-electron chi connectivity index (χ0n) is 14.3. The first-order valence-corrected chi connectivity index (χ1v) is 8.35. The molecule has 1 heterocycles. The largest absolute Gasteiger partial charge is 0.343 e. The minimum Gasteiger partial charge on any atom is -0.343 e. The van der Waals surface area contributed by atoms with Gasteiger partial charge in [-0.3, -0.25) is 9.59 Å². The summed E-state index contributed by atoms with van der Waals surface area (Å²) in [5, 5.41) is 3.24. The molecule has 0 saturated carbocycles. The highest BCUT2D eigenvalue weighted by molar-refractivity contribution is 5.85. The van der Waals surface area contributed by atoms with Gasteiger partial charge in [0.15, 0.2) is 0 Å². The van der Waals surface area contributed by atoms with Gasteiger partial charge in [-0.05, 0) is 32.7 Å². The fraction of sp³-hybridized carbons (Fsp3) is 0.875. The number of halogens is 1. The fourth-order valence-electron chi connectivity index (χ4n) is 2.87. The molecule has 0 aromatic heterocycles. The number of hydrogen-bond donors (Lipinski definition) is 1. The first-order chi connectivity index (χ1) is 10.1. The third-order valence-corrected chi connectivity index (χ3v) is 4.07. The molecular weight excluding hydrogens is 302 g/mol. The topological polar surface area (TPSA) is 52.7 Å². The Kier molecular flexibility index (Phi) is 11.3. The van der Waals surface area contributed by atoms with Crippen LogP contribution in [0.1, 0.15) is 52.4 Å². The molecule has 5 nitrogen and oxygen atoms in total. The van der Waals surface area contributed by atoms with Gasteiger partial charge in [0.1, 0.15) is 0 Å². The number of hydrogen-bond acceptors (Lipinski definition) is 3. The van der Waals surface area contributed by atoms with E-state index in [1.165, 1.54) is 0 Å². The van der Waals surface area contributed by atoms with Crippen LogP contribution < -0.4 is 5.32 Å². The van der Waals surface area contributed by atoms with E-state index in [1.54, 1.807) is 0 Å².